The van der Waals surface area contributed by atoms with E-state index in [9.17, 15) is 13.6 Å². The van der Waals surface area contributed by atoms with Gasteiger partial charge in [0.15, 0.2) is 0 Å². The summed E-state index contributed by atoms with van der Waals surface area (Å²) in [6, 6.07) is 3.25. The molecule has 2 atom stereocenters. The topological polar surface area (TPSA) is 55.6 Å². The molecular weight excluding hydrogens is 338 g/mol. The van der Waals surface area contributed by atoms with Crippen molar-refractivity contribution in [1.82, 2.24) is 4.90 Å². The Morgan fingerprint density at radius 3 is 2.46 bits per heavy atom. The second kappa shape index (κ2) is 8.62. The lowest BCUT2D eigenvalue weighted by Crippen LogP contribution is -2.49. The van der Waals surface area contributed by atoms with Crippen LogP contribution in [0.25, 0.3) is 0 Å². The van der Waals surface area contributed by atoms with E-state index in [0.717, 1.165) is 12.8 Å². The fourth-order valence-electron chi connectivity index (χ4n) is 3.26. The van der Waals surface area contributed by atoms with Crippen molar-refractivity contribution in [2.75, 3.05) is 13.1 Å². The van der Waals surface area contributed by atoms with Crippen molar-refractivity contribution in [3.8, 4) is 5.75 Å². The molecule has 0 bridgehead atoms. The van der Waals surface area contributed by atoms with Gasteiger partial charge in [-0.05, 0) is 55.9 Å². The predicted molar refractivity (Wildman–Crippen MR) is 92.1 cm³/mol. The SMILES string of the molecule is Cc1cc(C(=O)N2CCC(C)CC2CN)cc(C)c1OC(F)F.Cl. The molecule has 0 radical (unpaired) electrons. The van der Waals surface area contributed by atoms with Crippen molar-refractivity contribution in [3.05, 3.63) is 28.8 Å². The molecule has 1 fully saturated rings. The van der Waals surface area contributed by atoms with Crippen LogP contribution < -0.4 is 10.5 Å². The molecule has 1 aromatic carbocycles. The minimum atomic E-state index is -2.88. The first-order valence-corrected chi connectivity index (χ1v) is 7.90. The van der Waals surface area contributed by atoms with Crippen molar-refractivity contribution in [1.29, 1.82) is 0 Å². The van der Waals surface area contributed by atoms with Gasteiger partial charge >= 0.3 is 6.61 Å². The lowest BCUT2D eigenvalue weighted by molar-refractivity contribution is -0.0507. The third-order valence-electron chi connectivity index (χ3n) is 4.43. The van der Waals surface area contributed by atoms with E-state index in [1.54, 1.807) is 26.0 Å². The maximum absolute atomic E-state index is 12.8. The van der Waals surface area contributed by atoms with Gasteiger partial charge in [-0.1, -0.05) is 6.92 Å². The van der Waals surface area contributed by atoms with Crippen molar-refractivity contribution >= 4 is 18.3 Å². The average Bonchev–Trinajstić information content (AvgIpc) is 2.49. The molecule has 1 aliphatic heterocycles. The Kier molecular flexibility index (Phi) is 7.42. The number of alkyl halides is 2. The van der Waals surface area contributed by atoms with Crippen LogP contribution in [0.4, 0.5) is 8.78 Å². The van der Waals surface area contributed by atoms with Crippen LogP contribution in [0.5, 0.6) is 5.75 Å². The minimum Gasteiger partial charge on any atom is -0.434 e. The van der Waals surface area contributed by atoms with Crippen LogP contribution in [0.15, 0.2) is 12.1 Å². The Morgan fingerprint density at radius 2 is 1.96 bits per heavy atom. The number of likely N-dealkylation sites (tertiary alicyclic amines) is 1. The first kappa shape index (κ1) is 20.6. The molecule has 2 unspecified atom stereocenters. The number of benzene rings is 1. The molecule has 4 nitrogen and oxygen atoms in total. The number of rotatable bonds is 4. The largest absolute Gasteiger partial charge is 0.434 e. The number of hydrogen-bond acceptors (Lipinski definition) is 3. The number of ether oxygens (including phenoxy) is 1. The van der Waals surface area contributed by atoms with Gasteiger partial charge in [0.2, 0.25) is 0 Å². The van der Waals surface area contributed by atoms with Gasteiger partial charge in [-0.2, -0.15) is 8.78 Å². The summed E-state index contributed by atoms with van der Waals surface area (Å²) in [5.41, 5.74) is 7.37. The standard InChI is InChI=1S/C17H24F2N2O2.ClH/c1-10-4-5-21(14(6-10)9-20)16(22)13-7-11(2)15(12(3)8-13)23-17(18)19;/h7-8,10,14,17H,4-6,9,20H2,1-3H3;1H. The van der Waals surface area contributed by atoms with Crippen LogP contribution in [-0.2, 0) is 0 Å². The zero-order valence-electron chi connectivity index (χ0n) is 14.2. The van der Waals surface area contributed by atoms with Gasteiger partial charge in [-0.25, -0.2) is 0 Å². The van der Waals surface area contributed by atoms with E-state index < -0.39 is 6.61 Å². The number of hydrogen-bond donors (Lipinski definition) is 1. The van der Waals surface area contributed by atoms with Gasteiger partial charge < -0.3 is 15.4 Å². The molecule has 24 heavy (non-hydrogen) atoms. The van der Waals surface area contributed by atoms with Gasteiger partial charge in [0.25, 0.3) is 5.91 Å². The molecule has 1 saturated heterocycles. The Balaban J connectivity index is 0.00000288. The number of halogens is 3. The summed E-state index contributed by atoms with van der Waals surface area (Å²) in [7, 11) is 0. The van der Waals surface area contributed by atoms with Gasteiger partial charge in [-0.15, -0.1) is 12.4 Å². The monoisotopic (exact) mass is 362 g/mol. The number of amides is 1. The van der Waals surface area contributed by atoms with Crippen LogP contribution in [0, 0.1) is 19.8 Å². The van der Waals surface area contributed by atoms with Crippen LogP contribution in [0.2, 0.25) is 0 Å². The second-order valence-electron chi connectivity index (χ2n) is 6.34. The fourth-order valence-corrected chi connectivity index (χ4v) is 3.26. The highest BCUT2D eigenvalue weighted by atomic mass is 35.5. The summed E-state index contributed by atoms with van der Waals surface area (Å²) in [5.74, 6) is 0.597. The van der Waals surface area contributed by atoms with Gasteiger partial charge in [0.05, 0.1) is 0 Å². The number of nitrogens with zero attached hydrogens (tertiary/aromatic N) is 1. The highest BCUT2D eigenvalue weighted by Crippen LogP contribution is 2.29. The van der Waals surface area contributed by atoms with Gasteiger partial charge in [0.1, 0.15) is 5.75 Å². The summed E-state index contributed by atoms with van der Waals surface area (Å²) in [6.45, 7) is 3.73. The zero-order chi connectivity index (χ0) is 17.1. The van der Waals surface area contributed by atoms with Gasteiger partial charge in [-0.3, -0.25) is 4.79 Å². The molecule has 2 rings (SSSR count). The van der Waals surface area contributed by atoms with E-state index in [1.807, 2.05) is 4.90 Å². The highest BCUT2D eigenvalue weighted by Gasteiger charge is 2.30. The summed E-state index contributed by atoms with van der Waals surface area (Å²) >= 11 is 0. The van der Waals surface area contributed by atoms with E-state index in [4.69, 9.17) is 5.73 Å². The molecule has 1 aliphatic rings. The molecule has 136 valence electrons. The van der Waals surface area contributed by atoms with E-state index >= 15 is 0 Å². The van der Waals surface area contributed by atoms with Crippen LogP contribution >= 0.6 is 12.4 Å². The molecule has 0 aromatic heterocycles. The fraction of sp³-hybridized carbons (Fsp3) is 0.588. The first-order chi connectivity index (χ1) is 10.8. The van der Waals surface area contributed by atoms with Crippen molar-refractivity contribution in [2.45, 2.75) is 46.3 Å². The number of nitrogens with two attached hydrogens (primary N) is 1. The van der Waals surface area contributed by atoms with Gasteiger partial charge in [0, 0.05) is 24.7 Å². The summed E-state index contributed by atoms with van der Waals surface area (Å²) < 4.78 is 29.4. The predicted octanol–water partition coefficient (Wildman–Crippen LogP) is 3.53. The van der Waals surface area contributed by atoms with Crippen LogP contribution in [0.1, 0.15) is 41.3 Å². The molecule has 2 N–H and O–H groups in total. The Hall–Kier alpha value is -1.40. The summed E-state index contributed by atoms with van der Waals surface area (Å²) in [5, 5.41) is 0. The molecular formula is C17H25ClF2N2O2. The Labute approximate surface area is 147 Å². The first-order valence-electron chi connectivity index (χ1n) is 7.90. The van der Waals surface area contributed by atoms with E-state index in [-0.39, 0.29) is 30.1 Å². The highest BCUT2D eigenvalue weighted by molar-refractivity contribution is 5.95. The zero-order valence-corrected chi connectivity index (χ0v) is 15.0. The Morgan fingerprint density at radius 1 is 1.38 bits per heavy atom. The van der Waals surface area contributed by atoms with Crippen LogP contribution in [0.3, 0.4) is 0 Å². The third kappa shape index (κ3) is 4.57. The normalized spacial score (nSPS) is 20.7. The van der Waals surface area contributed by atoms with E-state index in [0.29, 0.717) is 35.7 Å². The van der Waals surface area contributed by atoms with Crippen molar-refractivity contribution < 1.29 is 18.3 Å². The van der Waals surface area contributed by atoms with E-state index in [2.05, 4.69) is 11.7 Å². The smallest absolute Gasteiger partial charge is 0.387 e. The molecule has 1 amide bonds. The third-order valence-corrected chi connectivity index (χ3v) is 4.43. The number of aryl methyl sites for hydroxylation is 2. The number of carbonyl (C=O) groups is 1. The maximum atomic E-state index is 12.8. The summed E-state index contributed by atoms with van der Waals surface area (Å²) in [6.07, 6.45) is 1.85. The lowest BCUT2D eigenvalue weighted by Gasteiger charge is -2.38. The minimum absolute atomic E-state index is 0. The lowest BCUT2D eigenvalue weighted by atomic mass is 9.91. The quantitative estimate of drug-likeness (QED) is 0.891. The molecule has 0 aliphatic carbocycles. The van der Waals surface area contributed by atoms with Crippen LogP contribution in [-0.4, -0.2) is 36.5 Å². The number of carbonyl (C=O) groups excluding carboxylic acids is 1. The molecule has 7 heteroatoms. The maximum Gasteiger partial charge on any atom is 0.387 e. The molecule has 1 aromatic rings. The van der Waals surface area contributed by atoms with Crippen molar-refractivity contribution in [2.24, 2.45) is 11.7 Å². The average molecular weight is 363 g/mol. The number of piperidine rings is 1. The van der Waals surface area contributed by atoms with Crippen molar-refractivity contribution in [3.63, 3.8) is 0 Å². The molecule has 0 spiro atoms. The Bertz CT molecular complexity index is 561. The van der Waals surface area contributed by atoms with E-state index in [1.165, 1.54) is 0 Å². The molecule has 1 heterocycles. The second-order valence-corrected chi connectivity index (χ2v) is 6.34. The molecule has 0 saturated carbocycles. The summed E-state index contributed by atoms with van der Waals surface area (Å²) in [4.78, 5) is 14.6.